The third-order valence-electron chi connectivity index (χ3n) is 3.97. The standard InChI is InChI=1S/C16H26N2O/c1-18(9-6-14-7-10-19-11-8-14)13-16-4-2-15(12-17)3-5-16/h2-5,14H,6-13,17H2,1H3. The first kappa shape index (κ1) is 14.5. The Morgan fingerprint density at radius 1 is 1.16 bits per heavy atom. The number of rotatable bonds is 6. The molecule has 0 saturated carbocycles. The molecule has 0 amide bonds. The summed E-state index contributed by atoms with van der Waals surface area (Å²) in [5.41, 5.74) is 8.18. The van der Waals surface area contributed by atoms with Crippen molar-refractivity contribution in [3.63, 3.8) is 0 Å². The van der Waals surface area contributed by atoms with Crippen LogP contribution in [0.25, 0.3) is 0 Å². The maximum atomic E-state index is 5.61. The van der Waals surface area contributed by atoms with Crippen LogP contribution >= 0.6 is 0 Å². The van der Waals surface area contributed by atoms with Crippen molar-refractivity contribution < 1.29 is 4.74 Å². The number of hydrogen-bond acceptors (Lipinski definition) is 3. The second-order valence-corrected chi connectivity index (χ2v) is 5.60. The van der Waals surface area contributed by atoms with E-state index in [1.54, 1.807) is 0 Å². The molecule has 0 bridgehead atoms. The molecule has 106 valence electrons. The highest BCUT2D eigenvalue weighted by Gasteiger charge is 2.14. The van der Waals surface area contributed by atoms with Gasteiger partial charge in [0.25, 0.3) is 0 Å². The third kappa shape index (κ3) is 4.94. The van der Waals surface area contributed by atoms with Gasteiger partial charge in [-0.05, 0) is 49.9 Å². The zero-order valence-electron chi connectivity index (χ0n) is 12.0. The highest BCUT2D eigenvalue weighted by atomic mass is 16.5. The number of ether oxygens (including phenoxy) is 1. The fraction of sp³-hybridized carbons (Fsp3) is 0.625. The Kier molecular flexibility index (Phi) is 5.83. The fourth-order valence-corrected chi connectivity index (χ4v) is 2.61. The van der Waals surface area contributed by atoms with E-state index in [2.05, 4.69) is 36.2 Å². The van der Waals surface area contributed by atoms with Gasteiger partial charge in [-0.15, -0.1) is 0 Å². The molecule has 0 radical (unpaired) electrons. The Balaban J connectivity index is 1.71. The first-order valence-electron chi connectivity index (χ1n) is 7.32. The van der Waals surface area contributed by atoms with Crippen molar-refractivity contribution in [3.05, 3.63) is 35.4 Å². The molecule has 3 nitrogen and oxygen atoms in total. The predicted octanol–water partition coefficient (Wildman–Crippen LogP) is 2.39. The van der Waals surface area contributed by atoms with Crippen LogP contribution in [0, 0.1) is 5.92 Å². The van der Waals surface area contributed by atoms with E-state index in [-0.39, 0.29) is 0 Å². The largest absolute Gasteiger partial charge is 0.381 e. The molecular formula is C16H26N2O. The van der Waals surface area contributed by atoms with Gasteiger partial charge < -0.3 is 15.4 Å². The van der Waals surface area contributed by atoms with E-state index in [0.717, 1.165) is 25.7 Å². The van der Waals surface area contributed by atoms with Gasteiger partial charge in [0, 0.05) is 26.3 Å². The van der Waals surface area contributed by atoms with Crippen LogP contribution in [0.1, 0.15) is 30.4 Å². The van der Waals surface area contributed by atoms with E-state index < -0.39 is 0 Å². The summed E-state index contributed by atoms with van der Waals surface area (Å²) in [6.07, 6.45) is 3.76. The highest BCUT2D eigenvalue weighted by Crippen LogP contribution is 2.19. The quantitative estimate of drug-likeness (QED) is 0.855. The monoisotopic (exact) mass is 262 g/mol. The van der Waals surface area contributed by atoms with E-state index in [9.17, 15) is 0 Å². The van der Waals surface area contributed by atoms with Crippen LogP contribution in [0.2, 0.25) is 0 Å². The summed E-state index contributed by atoms with van der Waals surface area (Å²) in [4.78, 5) is 2.41. The number of nitrogens with two attached hydrogens (primary N) is 1. The summed E-state index contributed by atoms with van der Waals surface area (Å²) in [5, 5.41) is 0. The van der Waals surface area contributed by atoms with Gasteiger partial charge >= 0.3 is 0 Å². The van der Waals surface area contributed by atoms with Crippen molar-refractivity contribution in [3.8, 4) is 0 Å². The lowest BCUT2D eigenvalue weighted by molar-refractivity contribution is 0.0608. The average molecular weight is 262 g/mol. The maximum Gasteiger partial charge on any atom is 0.0468 e. The molecule has 1 saturated heterocycles. The molecular weight excluding hydrogens is 236 g/mol. The minimum absolute atomic E-state index is 0.625. The predicted molar refractivity (Wildman–Crippen MR) is 78.8 cm³/mol. The molecule has 0 aromatic heterocycles. The molecule has 1 aromatic carbocycles. The second-order valence-electron chi connectivity index (χ2n) is 5.60. The van der Waals surface area contributed by atoms with Crippen LogP contribution in [0.5, 0.6) is 0 Å². The summed E-state index contributed by atoms with van der Waals surface area (Å²) in [6.45, 7) is 4.72. The second kappa shape index (κ2) is 7.63. The molecule has 1 aliphatic rings. The normalized spacial score (nSPS) is 17.0. The van der Waals surface area contributed by atoms with Crippen molar-refractivity contribution in [2.45, 2.75) is 32.4 Å². The molecule has 0 atom stereocenters. The molecule has 1 aromatic rings. The summed E-state index contributed by atoms with van der Waals surface area (Å²) in [5.74, 6) is 0.857. The smallest absolute Gasteiger partial charge is 0.0468 e. The van der Waals surface area contributed by atoms with Crippen molar-refractivity contribution in [2.24, 2.45) is 11.7 Å². The summed E-state index contributed by atoms with van der Waals surface area (Å²) < 4.78 is 5.40. The van der Waals surface area contributed by atoms with Crippen LogP contribution < -0.4 is 5.73 Å². The zero-order chi connectivity index (χ0) is 13.5. The lowest BCUT2D eigenvalue weighted by Crippen LogP contribution is -2.24. The summed E-state index contributed by atoms with van der Waals surface area (Å²) in [7, 11) is 2.20. The molecule has 3 heteroatoms. The van der Waals surface area contributed by atoms with Gasteiger partial charge in [-0.1, -0.05) is 24.3 Å². The summed E-state index contributed by atoms with van der Waals surface area (Å²) >= 11 is 0. The van der Waals surface area contributed by atoms with Crippen molar-refractivity contribution in [1.29, 1.82) is 0 Å². The van der Waals surface area contributed by atoms with Crippen molar-refractivity contribution in [1.82, 2.24) is 4.90 Å². The topological polar surface area (TPSA) is 38.5 Å². The van der Waals surface area contributed by atoms with Crippen LogP contribution in [0.3, 0.4) is 0 Å². The SMILES string of the molecule is CN(CCC1CCOCC1)Cc1ccc(CN)cc1. The van der Waals surface area contributed by atoms with E-state index in [4.69, 9.17) is 10.5 Å². The molecule has 2 N–H and O–H groups in total. The Morgan fingerprint density at radius 3 is 2.42 bits per heavy atom. The molecule has 0 aliphatic carbocycles. The van der Waals surface area contributed by atoms with Gasteiger partial charge in [-0.2, -0.15) is 0 Å². The molecule has 1 aliphatic heterocycles. The molecule has 19 heavy (non-hydrogen) atoms. The van der Waals surface area contributed by atoms with Gasteiger partial charge in [-0.25, -0.2) is 0 Å². The number of nitrogens with zero attached hydrogens (tertiary/aromatic N) is 1. The molecule has 1 heterocycles. The molecule has 2 rings (SSSR count). The van der Waals surface area contributed by atoms with Gasteiger partial charge in [0.15, 0.2) is 0 Å². The lowest BCUT2D eigenvalue weighted by Gasteiger charge is -2.24. The lowest BCUT2D eigenvalue weighted by atomic mass is 9.96. The van der Waals surface area contributed by atoms with Gasteiger partial charge in [0.2, 0.25) is 0 Å². The minimum atomic E-state index is 0.625. The summed E-state index contributed by atoms with van der Waals surface area (Å²) in [6, 6.07) is 8.63. The fourth-order valence-electron chi connectivity index (χ4n) is 2.61. The average Bonchev–Trinajstić information content (AvgIpc) is 2.47. The van der Waals surface area contributed by atoms with E-state index in [1.807, 2.05) is 0 Å². The van der Waals surface area contributed by atoms with E-state index in [0.29, 0.717) is 6.54 Å². The van der Waals surface area contributed by atoms with E-state index >= 15 is 0 Å². The highest BCUT2D eigenvalue weighted by molar-refractivity contribution is 5.22. The molecule has 1 fully saturated rings. The van der Waals surface area contributed by atoms with Crippen molar-refractivity contribution >= 4 is 0 Å². The Bertz CT molecular complexity index is 358. The van der Waals surface area contributed by atoms with Gasteiger partial charge in [0.1, 0.15) is 0 Å². The van der Waals surface area contributed by atoms with E-state index in [1.165, 1.54) is 36.9 Å². The van der Waals surface area contributed by atoms with Crippen LogP contribution in [-0.4, -0.2) is 31.7 Å². The Labute approximate surface area is 116 Å². The van der Waals surface area contributed by atoms with Crippen LogP contribution in [0.4, 0.5) is 0 Å². The van der Waals surface area contributed by atoms with Crippen LogP contribution in [0.15, 0.2) is 24.3 Å². The Hall–Kier alpha value is -0.900. The van der Waals surface area contributed by atoms with Gasteiger partial charge in [-0.3, -0.25) is 0 Å². The van der Waals surface area contributed by atoms with Gasteiger partial charge in [0.05, 0.1) is 0 Å². The zero-order valence-corrected chi connectivity index (χ0v) is 12.0. The Morgan fingerprint density at radius 2 is 1.79 bits per heavy atom. The molecule has 0 spiro atoms. The maximum absolute atomic E-state index is 5.61. The third-order valence-corrected chi connectivity index (χ3v) is 3.97. The number of benzene rings is 1. The van der Waals surface area contributed by atoms with Crippen molar-refractivity contribution in [2.75, 3.05) is 26.8 Å². The first-order chi connectivity index (χ1) is 9.28. The number of hydrogen-bond donors (Lipinski definition) is 1. The van der Waals surface area contributed by atoms with Crippen LogP contribution in [-0.2, 0) is 17.8 Å². The minimum Gasteiger partial charge on any atom is -0.381 e. The first-order valence-corrected chi connectivity index (χ1v) is 7.32. The molecule has 0 unspecified atom stereocenters.